The molecule has 4 nitrogen and oxygen atoms in total. The fourth-order valence-electron chi connectivity index (χ4n) is 3.19. The highest BCUT2D eigenvalue weighted by Gasteiger charge is 2.18. The maximum Gasteiger partial charge on any atom is 0.261 e. The molecule has 0 atom stereocenters. The van der Waals surface area contributed by atoms with Gasteiger partial charge in [0.05, 0.1) is 25.8 Å². The Kier molecular flexibility index (Phi) is 3.81. The topological polar surface area (TPSA) is 59.1 Å². The molecule has 0 spiro atoms. The summed E-state index contributed by atoms with van der Waals surface area (Å²) >= 11 is 1.56. The molecule has 0 fully saturated rings. The van der Waals surface area contributed by atoms with Crippen LogP contribution in [0.2, 0.25) is 0 Å². The zero-order valence-corrected chi connectivity index (χ0v) is 15.0. The van der Waals surface area contributed by atoms with E-state index in [0.717, 1.165) is 40.1 Å². The van der Waals surface area contributed by atoms with Crippen LogP contribution in [0.15, 0.2) is 41.3 Å². The normalized spacial score (nSPS) is 14.5. The summed E-state index contributed by atoms with van der Waals surface area (Å²) in [4.78, 5) is 4.74. The molecular weight excluding hydrogens is 340 g/mol. The van der Waals surface area contributed by atoms with Crippen molar-refractivity contribution in [1.82, 2.24) is 4.98 Å². The van der Waals surface area contributed by atoms with Crippen LogP contribution in [0.1, 0.15) is 29.0 Å². The Bertz CT molecular complexity index is 1020. The Balaban J connectivity index is 1.66. The molecule has 1 heterocycles. The van der Waals surface area contributed by atoms with Gasteiger partial charge in [-0.15, -0.1) is 11.3 Å². The van der Waals surface area contributed by atoms with Crippen LogP contribution in [-0.4, -0.2) is 13.4 Å². The van der Waals surface area contributed by atoms with Gasteiger partial charge in [0.2, 0.25) is 0 Å². The van der Waals surface area contributed by atoms with Crippen molar-refractivity contribution in [2.45, 2.75) is 37.5 Å². The van der Waals surface area contributed by atoms with Gasteiger partial charge in [0, 0.05) is 0 Å². The number of anilines is 1. The van der Waals surface area contributed by atoms with Crippen molar-refractivity contribution in [3.63, 3.8) is 0 Å². The van der Waals surface area contributed by atoms with Gasteiger partial charge in [-0.05, 0) is 74.1 Å². The Morgan fingerprint density at radius 2 is 1.83 bits per heavy atom. The summed E-state index contributed by atoms with van der Waals surface area (Å²) < 4.78 is 29.1. The van der Waals surface area contributed by atoms with Gasteiger partial charge in [-0.25, -0.2) is 13.4 Å². The second kappa shape index (κ2) is 5.86. The van der Waals surface area contributed by atoms with Crippen LogP contribution < -0.4 is 4.72 Å². The van der Waals surface area contributed by atoms with Crippen LogP contribution in [0.3, 0.4) is 0 Å². The van der Waals surface area contributed by atoms with Gasteiger partial charge in [0.25, 0.3) is 10.0 Å². The number of fused-ring (bicyclic) bond motifs is 2. The third-order valence-electron chi connectivity index (χ3n) is 4.38. The predicted molar refractivity (Wildman–Crippen MR) is 98.2 cm³/mol. The predicted octanol–water partition coefficient (Wildman–Crippen LogP) is 4.28. The fourth-order valence-corrected chi connectivity index (χ4v) is 5.16. The Hall–Kier alpha value is -1.92. The molecule has 6 heteroatoms. The van der Waals surface area contributed by atoms with Crippen LogP contribution in [0, 0.1) is 6.92 Å². The number of benzene rings is 2. The van der Waals surface area contributed by atoms with E-state index < -0.39 is 10.0 Å². The fraction of sp³-hybridized carbons (Fsp3) is 0.278. The van der Waals surface area contributed by atoms with Crippen LogP contribution in [-0.2, 0) is 22.9 Å². The molecular formula is C18H18N2O2S2. The summed E-state index contributed by atoms with van der Waals surface area (Å²) in [7, 11) is -3.57. The number of aryl methyl sites for hydroxylation is 3. The Morgan fingerprint density at radius 1 is 1.04 bits per heavy atom. The van der Waals surface area contributed by atoms with E-state index in [1.54, 1.807) is 23.5 Å². The highest BCUT2D eigenvalue weighted by atomic mass is 32.2. The van der Waals surface area contributed by atoms with Gasteiger partial charge in [-0.3, -0.25) is 4.72 Å². The standard InChI is InChI=1S/C18H18N2O2S2/c1-12-19-17-9-7-15(11-18(17)23-12)20-24(21,22)16-8-6-13-4-2-3-5-14(13)10-16/h6-11,20H,2-5H2,1H3. The lowest BCUT2D eigenvalue weighted by molar-refractivity contribution is 0.600. The molecule has 124 valence electrons. The molecule has 0 saturated carbocycles. The minimum absolute atomic E-state index is 0.337. The summed E-state index contributed by atoms with van der Waals surface area (Å²) in [6.45, 7) is 1.95. The van der Waals surface area contributed by atoms with Gasteiger partial charge in [-0.1, -0.05) is 6.07 Å². The number of aromatic nitrogens is 1. The molecule has 0 amide bonds. The summed E-state index contributed by atoms with van der Waals surface area (Å²) in [6.07, 6.45) is 4.33. The lowest BCUT2D eigenvalue weighted by Crippen LogP contribution is -2.14. The molecule has 24 heavy (non-hydrogen) atoms. The van der Waals surface area contributed by atoms with Gasteiger partial charge in [0.15, 0.2) is 0 Å². The lowest BCUT2D eigenvalue weighted by Gasteiger charge is -2.17. The number of sulfonamides is 1. The second-order valence-corrected chi connectivity index (χ2v) is 9.08. The van der Waals surface area contributed by atoms with Crippen molar-refractivity contribution in [2.75, 3.05) is 4.72 Å². The van der Waals surface area contributed by atoms with E-state index in [0.29, 0.717) is 10.6 Å². The Morgan fingerprint density at radius 3 is 2.67 bits per heavy atom. The van der Waals surface area contributed by atoms with Crippen LogP contribution >= 0.6 is 11.3 Å². The molecule has 0 radical (unpaired) electrons. The second-order valence-electron chi connectivity index (χ2n) is 6.16. The largest absolute Gasteiger partial charge is 0.280 e. The highest BCUT2D eigenvalue weighted by Crippen LogP contribution is 2.28. The monoisotopic (exact) mass is 358 g/mol. The molecule has 1 N–H and O–H groups in total. The molecule has 1 aliphatic rings. The molecule has 1 aliphatic carbocycles. The quantitative estimate of drug-likeness (QED) is 0.760. The van der Waals surface area contributed by atoms with Crippen molar-refractivity contribution in [2.24, 2.45) is 0 Å². The van der Waals surface area contributed by atoms with Crippen molar-refractivity contribution in [3.8, 4) is 0 Å². The van der Waals surface area contributed by atoms with E-state index in [9.17, 15) is 8.42 Å². The van der Waals surface area contributed by atoms with Crippen LogP contribution in [0.25, 0.3) is 10.2 Å². The van der Waals surface area contributed by atoms with E-state index >= 15 is 0 Å². The van der Waals surface area contributed by atoms with Crippen LogP contribution in [0.5, 0.6) is 0 Å². The minimum atomic E-state index is -3.57. The smallest absolute Gasteiger partial charge is 0.261 e. The van der Waals surface area contributed by atoms with Gasteiger partial charge < -0.3 is 0 Å². The zero-order valence-electron chi connectivity index (χ0n) is 13.4. The average molecular weight is 358 g/mol. The summed E-state index contributed by atoms with van der Waals surface area (Å²) in [5, 5.41) is 0.972. The summed E-state index contributed by atoms with van der Waals surface area (Å²) in [5.41, 5.74) is 3.91. The number of hydrogen-bond acceptors (Lipinski definition) is 4. The first-order chi connectivity index (χ1) is 11.5. The number of thiazole rings is 1. The van der Waals surface area contributed by atoms with Gasteiger partial charge in [-0.2, -0.15) is 0 Å². The summed E-state index contributed by atoms with van der Waals surface area (Å²) in [5.74, 6) is 0. The van der Waals surface area contributed by atoms with Gasteiger partial charge >= 0.3 is 0 Å². The van der Waals surface area contributed by atoms with Gasteiger partial charge in [0.1, 0.15) is 0 Å². The molecule has 0 bridgehead atoms. The Labute approximate surface area is 145 Å². The van der Waals surface area contributed by atoms with E-state index in [1.807, 2.05) is 31.2 Å². The lowest BCUT2D eigenvalue weighted by atomic mass is 9.92. The number of rotatable bonds is 3. The molecule has 1 aromatic heterocycles. The third kappa shape index (κ3) is 2.91. The first kappa shape index (κ1) is 15.6. The molecule has 2 aromatic carbocycles. The maximum absolute atomic E-state index is 12.7. The van der Waals surface area contributed by atoms with Crippen molar-refractivity contribution in [1.29, 1.82) is 0 Å². The van der Waals surface area contributed by atoms with E-state index in [4.69, 9.17) is 0 Å². The number of hydrogen-bond donors (Lipinski definition) is 1. The van der Waals surface area contributed by atoms with Crippen molar-refractivity contribution >= 4 is 37.3 Å². The van der Waals surface area contributed by atoms with Crippen molar-refractivity contribution in [3.05, 3.63) is 52.5 Å². The maximum atomic E-state index is 12.7. The number of nitrogens with one attached hydrogen (secondary N) is 1. The number of nitrogens with zero attached hydrogens (tertiary/aromatic N) is 1. The minimum Gasteiger partial charge on any atom is -0.280 e. The third-order valence-corrected chi connectivity index (χ3v) is 6.69. The SMILES string of the molecule is Cc1nc2ccc(NS(=O)(=O)c3ccc4c(c3)CCCC4)cc2s1. The summed E-state index contributed by atoms with van der Waals surface area (Å²) in [6, 6.07) is 10.9. The van der Waals surface area contributed by atoms with Crippen molar-refractivity contribution < 1.29 is 8.42 Å². The molecule has 4 rings (SSSR count). The highest BCUT2D eigenvalue weighted by molar-refractivity contribution is 7.92. The first-order valence-electron chi connectivity index (χ1n) is 8.03. The zero-order chi connectivity index (χ0) is 16.7. The molecule has 0 aliphatic heterocycles. The van der Waals surface area contributed by atoms with E-state index in [1.165, 1.54) is 12.0 Å². The molecule has 0 unspecified atom stereocenters. The molecule has 0 saturated heterocycles. The van der Waals surface area contributed by atoms with Crippen LogP contribution in [0.4, 0.5) is 5.69 Å². The average Bonchev–Trinajstić information content (AvgIpc) is 2.93. The molecule has 3 aromatic rings. The van der Waals surface area contributed by atoms with E-state index in [2.05, 4.69) is 9.71 Å². The first-order valence-corrected chi connectivity index (χ1v) is 10.3. The van der Waals surface area contributed by atoms with E-state index in [-0.39, 0.29) is 0 Å².